The Labute approximate surface area is 98.2 Å². The second-order valence-electron chi connectivity index (χ2n) is 4.08. The maximum atomic E-state index is 10.2. The Morgan fingerprint density at radius 1 is 0.875 bits per heavy atom. The monoisotopic (exact) mass is 228 g/mol. The van der Waals surface area contributed by atoms with Gasteiger partial charge in [-0.05, 0) is 19.3 Å². The molecule has 94 valence electrons. The Hall–Kier alpha value is -0.830. The fourth-order valence-corrected chi connectivity index (χ4v) is 1.62. The van der Waals surface area contributed by atoms with Crippen LogP contribution in [0.5, 0.6) is 0 Å². The van der Waals surface area contributed by atoms with Crippen molar-refractivity contribution in [1.29, 1.82) is 0 Å². The van der Waals surface area contributed by atoms with Gasteiger partial charge in [0.1, 0.15) is 0 Å². The molecule has 0 aliphatic heterocycles. The molecule has 0 aromatic heterocycles. The topological polar surface area (TPSA) is 57.5 Å². The Kier molecular flexibility index (Phi) is 11.6. The van der Waals surface area contributed by atoms with Gasteiger partial charge in [0.05, 0.1) is 0 Å². The second kappa shape index (κ2) is 12.2. The highest BCUT2D eigenvalue weighted by molar-refractivity contribution is 5.79. The lowest BCUT2D eigenvalue weighted by atomic mass is 10.1. The molecule has 0 fully saturated rings. The standard InChI is InChI=1S/C13H24O3/c14-12-10-8-6-4-2-1-3-5-7-9-11-13(15)16/h9,11,14H,1-8,10,12H2,(H,15,16). The highest BCUT2D eigenvalue weighted by atomic mass is 16.4. The van der Waals surface area contributed by atoms with Gasteiger partial charge in [-0.3, -0.25) is 0 Å². The van der Waals surface area contributed by atoms with E-state index in [0.29, 0.717) is 6.61 Å². The van der Waals surface area contributed by atoms with Crippen molar-refractivity contribution in [3.63, 3.8) is 0 Å². The lowest BCUT2D eigenvalue weighted by Gasteiger charge is -2.00. The quantitative estimate of drug-likeness (QED) is 0.422. The van der Waals surface area contributed by atoms with E-state index in [1.165, 1.54) is 38.2 Å². The number of carboxylic acid groups (broad SMARTS) is 1. The molecule has 0 rings (SSSR count). The molecule has 0 aliphatic rings. The SMILES string of the molecule is O=C(O)C=CCCCCCCCCCCO. The lowest BCUT2D eigenvalue weighted by Crippen LogP contribution is -1.86. The number of hydrogen-bond donors (Lipinski definition) is 2. The first-order valence-corrected chi connectivity index (χ1v) is 6.27. The van der Waals surface area contributed by atoms with E-state index >= 15 is 0 Å². The largest absolute Gasteiger partial charge is 0.478 e. The summed E-state index contributed by atoms with van der Waals surface area (Å²) in [5.74, 6) is -0.858. The minimum Gasteiger partial charge on any atom is -0.478 e. The second-order valence-corrected chi connectivity index (χ2v) is 4.08. The van der Waals surface area contributed by atoms with Crippen molar-refractivity contribution < 1.29 is 15.0 Å². The fraction of sp³-hybridized carbons (Fsp3) is 0.769. The zero-order valence-electron chi connectivity index (χ0n) is 10.0. The molecule has 0 unspecified atom stereocenters. The van der Waals surface area contributed by atoms with Crippen molar-refractivity contribution >= 4 is 5.97 Å². The first kappa shape index (κ1) is 15.2. The molecule has 0 bridgehead atoms. The Bertz CT molecular complexity index is 188. The molecule has 0 saturated carbocycles. The maximum Gasteiger partial charge on any atom is 0.327 e. The van der Waals surface area contributed by atoms with E-state index in [2.05, 4.69) is 0 Å². The predicted octanol–water partition coefficient (Wildman–Crippen LogP) is 3.13. The lowest BCUT2D eigenvalue weighted by molar-refractivity contribution is -0.131. The number of aliphatic hydroxyl groups excluding tert-OH is 1. The van der Waals surface area contributed by atoms with Gasteiger partial charge in [-0.2, -0.15) is 0 Å². The summed E-state index contributed by atoms with van der Waals surface area (Å²) in [4.78, 5) is 10.2. The van der Waals surface area contributed by atoms with Crippen LogP contribution in [0.25, 0.3) is 0 Å². The van der Waals surface area contributed by atoms with Gasteiger partial charge < -0.3 is 10.2 Å². The van der Waals surface area contributed by atoms with Crippen LogP contribution in [0.4, 0.5) is 0 Å². The van der Waals surface area contributed by atoms with E-state index in [9.17, 15) is 4.79 Å². The zero-order chi connectivity index (χ0) is 12.1. The molecule has 0 aliphatic carbocycles. The maximum absolute atomic E-state index is 10.2. The molecule has 3 heteroatoms. The van der Waals surface area contributed by atoms with Gasteiger partial charge in [0, 0.05) is 12.7 Å². The van der Waals surface area contributed by atoms with Gasteiger partial charge in [-0.25, -0.2) is 4.79 Å². The summed E-state index contributed by atoms with van der Waals surface area (Å²) in [7, 11) is 0. The Morgan fingerprint density at radius 2 is 1.38 bits per heavy atom. The van der Waals surface area contributed by atoms with Crippen LogP contribution in [-0.2, 0) is 4.79 Å². The average molecular weight is 228 g/mol. The Morgan fingerprint density at radius 3 is 1.88 bits per heavy atom. The number of hydrogen-bond acceptors (Lipinski definition) is 2. The highest BCUT2D eigenvalue weighted by Crippen LogP contribution is 2.09. The molecule has 0 atom stereocenters. The molecule has 0 saturated heterocycles. The van der Waals surface area contributed by atoms with Crippen molar-refractivity contribution in [2.24, 2.45) is 0 Å². The van der Waals surface area contributed by atoms with Crippen LogP contribution in [0.3, 0.4) is 0 Å². The number of aliphatic hydroxyl groups is 1. The summed E-state index contributed by atoms with van der Waals surface area (Å²) in [5, 5.41) is 16.9. The predicted molar refractivity (Wildman–Crippen MR) is 65.4 cm³/mol. The number of allylic oxidation sites excluding steroid dienone is 1. The highest BCUT2D eigenvalue weighted by Gasteiger charge is 1.91. The molecule has 0 aromatic carbocycles. The number of rotatable bonds is 11. The van der Waals surface area contributed by atoms with Crippen molar-refractivity contribution in [2.75, 3.05) is 6.61 Å². The van der Waals surface area contributed by atoms with Crippen molar-refractivity contribution in [1.82, 2.24) is 0 Å². The van der Waals surface area contributed by atoms with Gasteiger partial charge >= 0.3 is 5.97 Å². The van der Waals surface area contributed by atoms with Crippen molar-refractivity contribution in [3.8, 4) is 0 Å². The van der Waals surface area contributed by atoms with E-state index in [4.69, 9.17) is 10.2 Å². The summed E-state index contributed by atoms with van der Waals surface area (Å²) in [6.45, 7) is 0.315. The summed E-state index contributed by atoms with van der Waals surface area (Å²) >= 11 is 0. The first-order valence-electron chi connectivity index (χ1n) is 6.27. The van der Waals surface area contributed by atoms with E-state index in [0.717, 1.165) is 25.7 Å². The first-order chi connectivity index (χ1) is 7.77. The van der Waals surface area contributed by atoms with Crippen LogP contribution in [0, 0.1) is 0 Å². The van der Waals surface area contributed by atoms with E-state index in [-0.39, 0.29) is 0 Å². The molecule has 0 spiro atoms. The minimum atomic E-state index is -0.858. The van der Waals surface area contributed by atoms with Gasteiger partial charge in [0.2, 0.25) is 0 Å². The van der Waals surface area contributed by atoms with Gasteiger partial charge in [0.25, 0.3) is 0 Å². The summed E-state index contributed by atoms with van der Waals surface area (Å²) in [6, 6.07) is 0. The minimum absolute atomic E-state index is 0.315. The molecule has 0 aromatic rings. The van der Waals surface area contributed by atoms with Gasteiger partial charge in [-0.1, -0.05) is 44.6 Å². The van der Waals surface area contributed by atoms with Crippen LogP contribution < -0.4 is 0 Å². The molecular formula is C13H24O3. The summed E-state index contributed by atoms with van der Waals surface area (Å²) in [6.07, 6.45) is 13.1. The van der Waals surface area contributed by atoms with E-state index in [1.54, 1.807) is 6.08 Å². The molecule has 16 heavy (non-hydrogen) atoms. The van der Waals surface area contributed by atoms with Crippen molar-refractivity contribution in [2.45, 2.75) is 57.8 Å². The number of unbranched alkanes of at least 4 members (excludes halogenated alkanes) is 8. The fourth-order valence-electron chi connectivity index (χ4n) is 1.62. The summed E-state index contributed by atoms with van der Waals surface area (Å²) < 4.78 is 0. The zero-order valence-corrected chi connectivity index (χ0v) is 10.0. The Balaban J connectivity index is 3.01. The van der Waals surface area contributed by atoms with Crippen molar-refractivity contribution in [3.05, 3.63) is 12.2 Å². The van der Waals surface area contributed by atoms with Crippen LogP contribution in [0.2, 0.25) is 0 Å². The van der Waals surface area contributed by atoms with Crippen LogP contribution >= 0.6 is 0 Å². The third kappa shape index (κ3) is 13.2. The van der Waals surface area contributed by atoms with E-state index in [1.807, 2.05) is 0 Å². The molecule has 2 N–H and O–H groups in total. The molecule has 0 amide bonds. The van der Waals surface area contributed by atoms with Crippen LogP contribution in [-0.4, -0.2) is 22.8 Å². The third-order valence-electron chi connectivity index (χ3n) is 2.54. The number of aliphatic carboxylic acids is 1. The molecule has 0 heterocycles. The molecular weight excluding hydrogens is 204 g/mol. The van der Waals surface area contributed by atoms with Gasteiger partial charge in [-0.15, -0.1) is 0 Å². The van der Waals surface area contributed by atoms with E-state index < -0.39 is 5.97 Å². The number of carboxylic acids is 1. The van der Waals surface area contributed by atoms with Crippen LogP contribution in [0.15, 0.2) is 12.2 Å². The van der Waals surface area contributed by atoms with Crippen LogP contribution in [0.1, 0.15) is 57.8 Å². The normalized spacial score (nSPS) is 11.1. The number of carbonyl (C=O) groups is 1. The summed E-state index contributed by atoms with van der Waals surface area (Å²) in [5.41, 5.74) is 0. The third-order valence-corrected chi connectivity index (χ3v) is 2.54. The average Bonchev–Trinajstić information content (AvgIpc) is 2.25. The van der Waals surface area contributed by atoms with Gasteiger partial charge in [0.15, 0.2) is 0 Å². The smallest absolute Gasteiger partial charge is 0.327 e. The molecule has 0 radical (unpaired) electrons. The molecule has 3 nitrogen and oxygen atoms in total.